The molecule has 0 aliphatic heterocycles. The first-order valence-electron chi connectivity index (χ1n) is 6.91. The fraction of sp³-hybridized carbons (Fsp3) is 0.294. The van der Waals surface area contributed by atoms with Crippen molar-refractivity contribution in [3.05, 3.63) is 64.1 Å². The quantitative estimate of drug-likeness (QED) is 0.827. The van der Waals surface area contributed by atoms with Crippen molar-refractivity contribution in [3.63, 3.8) is 0 Å². The van der Waals surface area contributed by atoms with Crippen LogP contribution in [0.5, 0.6) is 5.75 Å². The van der Waals surface area contributed by atoms with Gasteiger partial charge in [0.25, 0.3) is 0 Å². The zero-order valence-corrected chi connectivity index (χ0v) is 13.5. The molecule has 2 nitrogen and oxygen atoms in total. The molecule has 2 aromatic carbocycles. The Kier molecular flexibility index (Phi) is 5.62. The summed E-state index contributed by atoms with van der Waals surface area (Å²) in [6.07, 6.45) is 0. The first kappa shape index (κ1) is 15.1. The van der Waals surface area contributed by atoms with Crippen LogP contribution in [0, 0.1) is 0 Å². The van der Waals surface area contributed by atoms with E-state index >= 15 is 0 Å². The van der Waals surface area contributed by atoms with Gasteiger partial charge in [0.15, 0.2) is 0 Å². The smallest absolute Gasteiger partial charge is 0.123 e. The average molecular weight is 334 g/mol. The van der Waals surface area contributed by atoms with Crippen LogP contribution in [0.25, 0.3) is 0 Å². The van der Waals surface area contributed by atoms with Gasteiger partial charge in [-0.05, 0) is 31.5 Å². The SMILES string of the molecule is CCOc1ccccc1CN[C@@H](C)c1ccccc1Br. The summed E-state index contributed by atoms with van der Waals surface area (Å²) in [7, 11) is 0. The highest BCUT2D eigenvalue weighted by atomic mass is 79.9. The largest absolute Gasteiger partial charge is 0.494 e. The third kappa shape index (κ3) is 3.84. The van der Waals surface area contributed by atoms with Gasteiger partial charge in [-0.3, -0.25) is 0 Å². The Morgan fingerprint density at radius 1 is 1.10 bits per heavy atom. The van der Waals surface area contributed by atoms with E-state index in [1.54, 1.807) is 0 Å². The molecule has 0 saturated carbocycles. The monoisotopic (exact) mass is 333 g/mol. The normalized spacial score (nSPS) is 12.2. The third-order valence-electron chi connectivity index (χ3n) is 3.24. The second-order valence-corrected chi connectivity index (χ2v) is 5.52. The fourth-order valence-electron chi connectivity index (χ4n) is 2.15. The Morgan fingerprint density at radius 3 is 2.55 bits per heavy atom. The third-order valence-corrected chi connectivity index (χ3v) is 3.97. The molecule has 0 aromatic heterocycles. The molecule has 0 bridgehead atoms. The number of ether oxygens (including phenoxy) is 1. The molecule has 0 heterocycles. The maximum atomic E-state index is 5.65. The minimum atomic E-state index is 0.278. The second-order valence-electron chi connectivity index (χ2n) is 4.66. The highest BCUT2D eigenvalue weighted by Gasteiger charge is 2.09. The van der Waals surface area contributed by atoms with E-state index in [0.29, 0.717) is 6.61 Å². The van der Waals surface area contributed by atoms with Crippen molar-refractivity contribution in [2.75, 3.05) is 6.61 Å². The molecule has 0 amide bonds. The van der Waals surface area contributed by atoms with Crippen LogP contribution in [0.3, 0.4) is 0 Å². The van der Waals surface area contributed by atoms with E-state index in [-0.39, 0.29) is 6.04 Å². The molecule has 3 heteroatoms. The Bertz CT molecular complexity index is 556. The topological polar surface area (TPSA) is 21.3 Å². The number of benzene rings is 2. The van der Waals surface area contributed by atoms with Gasteiger partial charge in [-0.25, -0.2) is 0 Å². The molecule has 0 fully saturated rings. The predicted octanol–water partition coefficient (Wildman–Crippen LogP) is 4.70. The first-order valence-corrected chi connectivity index (χ1v) is 7.70. The lowest BCUT2D eigenvalue weighted by Gasteiger charge is -2.17. The van der Waals surface area contributed by atoms with E-state index in [1.807, 2.05) is 31.2 Å². The van der Waals surface area contributed by atoms with Gasteiger partial charge in [-0.15, -0.1) is 0 Å². The highest BCUT2D eigenvalue weighted by molar-refractivity contribution is 9.10. The van der Waals surface area contributed by atoms with Crippen molar-refractivity contribution in [3.8, 4) is 5.75 Å². The van der Waals surface area contributed by atoms with Crippen LogP contribution in [0.1, 0.15) is 31.0 Å². The molecule has 1 atom stereocenters. The Balaban J connectivity index is 2.04. The summed E-state index contributed by atoms with van der Waals surface area (Å²) in [4.78, 5) is 0. The van der Waals surface area contributed by atoms with Gasteiger partial charge in [0.2, 0.25) is 0 Å². The molecule has 0 aliphatic rings. The highest BCUT2D eigenvalue weighted by Crippen LogP contribution is 2.24. The maximum Gasteiger partial charge on any atom is 0.123 e. The molecule has 106 valence electrons. The lowest BCUT2D eigenvalue weighted by molar-refractivity contribution is 0.335. The van der Waals surface area contributed by atoms with E-state index < -0.39 is 0 Å². The van der Waals surface area contributed by atoms with Crippen LogP contribution in [-0.4, -0.2) is 6.61 Å². The van der Waals surface area contributed by atoms with E-state index in [9.17, 15) is 0 Å². The Hall–Kier alpha value is -1.32. The summed E-state index contributed by atoms with van der Waals surface area (Å²) in [6.45, 7) is 5.66. The number of halogens is 1. The van der Waals surface area contributed by atoms with Crippen LogP contribution in [0.15, 0.2) is 53.0 Å². The molecule has 0 radical (unpaired) electrons. The number of hydrogen-bond acceptors (Lipinski definition) is 2. The van der Waals surface area contributed by atoms with Crippen LogP contribution < -0.4 is 10.1 Å². The standard InChI is InChI=1S/C17H20BrNO/c1-3-20-17-11-7-4-8-14(17)12-19-13(2)15-9-5-6-10-16(15)18/h4-11,13,19H,3,12H2,1-2H3/t13-/m0/s1. The van der Waals surface area contributed by atoms with Gasteiger partial charge in [-0.2, -0.15) is 0 Å². The maximum absolute atomic E-state index is 5.65. The molecule has 0 spiro atoms. The molecule has 0 aliphatic carbocycles. The van der Waals surface area contributed by atoms with Crippen LogP contribution >= 0.6 is 15.9 Å². The summed E-state index contributed by atoms with van der Waals surface area (Å²) in [5.41, 5.74) is 2.45. The molecular weight excluding hydrogens is 314 g/mol. The summed E-state index contributed by atoms with van der Waals surface area (Å²) in [5.74, 6) is 0.960. The van der Waals surface area contributed by atoms with Crippen molar-refractivity contribution >= 4 is 15.9 Å². The lowest BCUT2D eigenvalue weighted by atomic mass is 10.1. The summed E-state index contributed by atoms with van der Waals surface area (Å²) in [5, 5.41) is 3.54. The summed E-state index contributed by atoms with van der Waals surface area (Å²) < 4.78 is 6.79. The zero-order chi connectivity index (χ0) is 14.4. The van der Waals surface area contributed by atoms with E-state index in [1.165, 1.54) is 11.1 Å². The first-order chi connectivity index (χ1) is 9.72. The van der Waals surface area contributed by atoms with Crippen LogP contribution in [-0.2, 0) is 6.54 Å². The number of rotatable bonds is 6. The van der Waals surface area contributed by atoms with Crippen LogP contribution in [0.2, 0.25) is 0 Å². The molecular formula is C17H20BrNO. The molecule has 0 saturated heterocycles. The van der Waals surface area contributed by atoms with Gasteiger partial charge < -0.3 is 10.1 Å². The van der Waals surface area contributed by atoms with E-state index in [4.69, 9.17) is 4.74 Å². The Morgan fingerprint density at radius 2 is 1.80 bits per heavy atom. The van der Waals surface area contributed by atoms with Gasteiger partial charge in [0.05, 0.1) is 6.61 Å². The lowest BCUT2D eigenvalue weighted by Crippen LogP contribution is -2.19. The minimum Gasteiger partial charge on any atom is -0.494 e. The van der Waals surface area contributed by atoms with Crippen molar-refractivity contribution < 1.29 is 4.74 Å². The average Bonchev–Trinajstić information content (AvgIpc) is 2.47. The number of para-hydroxylation sites is 1. The van der Waals surface area contributed by atoms with Gasteiger partial charge in [-0.1, -0.05) is 52.3 Å². The Labute approximate surface area is 129 Å². The zero-order valence-electron chi connectivity index (χ0n) is 11.9. The van der Waals surface area contributed by atoms with Crippen molar-refractivity contribution in [1.82, 2.24) is 5.32 Å². The minimum absolute atomic E-state index is 0.278. The van der Waals surface area contributed by atoms with Crippen molar-refractivity contribution in [2.24, 2.45) is 0 Å². The van der Waals surface area contributed by atoms with E-state index in [0.717, 1.165) is 16.8 Å². The molecule has 2 rings (SSSR count). The molecule has 20 heavy (non-hydrogen) atoms. The van der Waals surface area contributed by atoms with Gasteiger partial charge in [0, 0.05) is 22.6 Å². The second kappa shape index (κ2) is 7.46. The molecule has 1 N–H and O–H groups in total. The van der Waals surface area contributed by atoms with E-state index in [2.05, 4.69) is 52.4 Å². The van der Waals surface area contributed by atoms with Crippen molar-refractivity contribution in [2.45, 2.75) is 26.4 Å². The van der Waals surface area contributed by atoms with Gasteiger partial charge in [0.1, 0.15) is 5.75 Å². The summed E-state index contributed by atoms with van der Waals surface area (Å²) in [6, 6.07) is 16.7. The fourth-order valence-corrected chi connectivity index (χ4v) is 2.77. The number of nitrogens with one attached hydrogen (secondary N) is 1. The summed E-state index contributed by atoms with van der Waals surface area (Å²) >= 11 is 3.60. The van der Waals surface area contributed by atoms with Crippen molar-refractivity contribution in [1.29, 1.82) is 0 Å². The molecule has 0 unspecified atom stereocenters. The van der Waals surface area contributed by atoms with Crippen LogP contribution in [0.4, 0.5) is 0 Å². The van der Waals surface area contributed by atoms with Gasteiger partial charge >= 0.3 is 0 Å². The predicted molar refractivity (Wildman–Crippen MR) is 87.0 cm³/mol. The number of hydrogen-bond donors (Lipinski definition) is 1. The molecule has 2 aromatic rings.